The lowest BCUT2D eigenvalue weighted by atomic mass is 9.84. The number of nitrogens with one attached hydrogen (secondary N) is 2. The predicted molar refractivity (Wildman–Crippen MR) is 291 cm³/mol. The molecule has 4 amide bonds. The Bertz CT molecular complexity index is 2680. The van der Waals surface area contributed by atoms with Crippen LogP contribution in [-0.2, 0) is 64.1 Å². The number of fused-ring (bicyclic) bond motifs is 5. The van der Waals surface area contributed by atoms with Gasteiger partial charge in [0.1, 0.15) is 12.2 Å². The van der Waals surface area contributed by atoms with Crippen molar-refractivity contribution >= 4 is 70.4 Å². The van der Waals surface area contributed by atoms with Gasteiger partial charge in [-0.1, -0.05) is 70.7 Å². The molecule has 0 radical (unpaired) electrons. The molecule has 0 saturated carbocycles. The van der Waals surface area contributed by atoms with Gasteiger partial charge in [-0.2, -0.15) is 0 Å². The molecule has 0 aliphatic carbocycles. The van der Waals surface area contributed by atoms with Crippen LogP contribution in [0.1, 0.15) is 77.1 Å². The number of benzene rings is 4. The van der Waals surface area contributed by atoms with E-state index in [1.54, 1.807) is 21.9 Å². The first-order valence-electron chi connectivity index (χ1n) is 26.4. The third-order valence-electron chi connectivity index (χ3n) is 15.1. The minimum Gasteiger partial charge on any atom is -0.441 e. The van der Waals surface area contributed by atoms with Crippen LogP contribution < -0.4 is 10.6 Å². The van der Waals surface area contributed by atoms with E-state index < -0.39 is 36.6 Å². The molecule has 2 fully saturated rings. The Labute approximate surface area is 473 Å². The van der Waals surface area contributed by atoms with E-state index in [0.29, 0.717) is 97.0 Å². The number of alkyl carbamates (subject to hydrolysis) is 2. The van der Waals surface area contributed by atoms with Gasteiger partial charge in [0, 0.05) is 109 Å². The Morgan fingerprint density at radius 1 is 0.551 bits per heavy atom. The highest BCUT2D eigenvalue weighted by atomic mass is 35.5. The van der Waals surface area contributed by atoms with Gasteiger partial charge in [-0.3, -0.25) is 9.59 Å². The maximum Gasteiger partial charge on any atom is 0.407 e. The fraction of sp³-hybridized carbons (Fsp3) is 0.500. The normalized spacial score (nSPS) is 22.5. The van der Waals surface area contributed by atoms with Crippen molar-refractivity contribution in [1.82, 2.24) is 30.2 Å². The first kappa shape index (κ1) is 56.5. The SMILES string of the molecule is CN1Cc2c(Cl)cc(Cl)cc2C(c2ccc3c(c2)C(=O)N(CCOCCOCCNC(=O)O[C@@H]2COC4C2OC[C@H]4OC(=O)NCCOCCOCCN2Cc4ccc(C5CN(C)Cc6c(Cl)cc(Cl)cc65)cc4C2=O)C3)C1. The first-order valence-corrected chi connectivity index (χ1v) is 27.9. The van der Waals surface area contributed by atoms with Crippen molar-refractivity contribution < 1.29 is 57.1 Å². The zero-order valence-corrected chi connectivity index (χ0v) is 46.6. The van der Waals surface area contributed by atoms with Crippen LogP contribution in [0, 0.1) is 0 Å². The minimum atomic E-state index is -0.681. The largest absolute Gasteiger partial charge is 0.441 e. The van der Waals surface area contributed by atoms with Crippen molar-refractivity contribution in [3.05, 3.63) is 136 Å². The third-order valence-corrected chi connectivity index (χ3v) is 16.2. The summed E-state index contributed by atoms with van der Waals surface area (Å²) >= 11 is 26.0. The van der Waals surface area contributed by atoms with Crippen molar-refractivity contribution in [3.63, 3.8) is 0 Å². The summed E-state index contributed by atoms with van der Waals surface area (Å²) in [5.41, 5.74) is 9.84. The Kier molecular flexibility index (Phi) is 18.7. The Balaban J connectivity index is 0.537. The van der Waals surface area contributed by atoms with Gasteiger partial charge >= 0.3 is 12.2 Å². The summed E-state index contributed by atoms with van der Waals surface area (Å²) in [4.78, 5) is 60.1. The molecule has 18 nitrogen and oxygen atoms in total. The quantitative estimate of drug-likeness (QED) is 0.0760. The monoisotopic (exact) mass is 1150 g/mol. The van der Waals surface area contributed by atoms with Gasteiger partial charge in [-0.15, -0.1) is 0 Å². The first-order chi connectivity index (χ1) is 37.8. The molecule has 78 heavy (non-hydrogen) atoms. The van der Waals surface area contributed by atoms with Crippen LogP contribution in [-0.4, -0.2) is 187 Å². The Hall–Kier alpha value is -4.80. The van der Waals surface area contributed by atoms with Crippen LogP contribution in [0.3, 0.4) is 0 Å². The maximum absolute atomic E-state index is 13.4. The number of ether oxygens (including phenoxy) is 8. The summed E-state index contributed by atoms with van der Waals surface area (Å²) < 4.78 is 45.5. The molecule has 22 heteroatoms. The molecular weight excluding hydrogens is 1090 g/mol. The van der Waals surface area contributed by atoms with Crippen LogP contribution in [0.2, 0.25) is 20.1 Å². The van der Waals surface area contributed by atoms with Crippen LogP contribution in [0.25, 0.3) is 0 Å². The molecule has 6 aliphatic heterocycles. The van der Waals surface area contributed by atoms with Crippen molar-refractivity contribution in [3.8, 4) is 0 Å². The topological polar surface area (TPSA) is 179 Å². The molecule has 4 aromatic carbocycles. The van der Waals surface area contributed by atoms with Crippen molar-refractivity contribution in [2.45, 2.75) is 62.4 Å². The zero-order chi connectivity index (χ0) is 54.5. The lowest BCUT2D eigenvalue weighted by Gasteiger charge is -2.33. The van der Waals surface area contributed by atoms with Crippen molar-refractivity contribution in [1.29, 1.82) is 0 Å². The van der Waals surface area contributed by atoms with Crippen molar-refractivity contribution in [2.75, 3.05) is 119 Å². The Morgan fingerprint density at radius 2 is 0.962 bits per heavy atom. The minimum absolute atomic E-state index is 0.0194. The number of carbonyl (C=O) groups is 4. The van der Waals surface area contributed by atoms with Gasteiger partial charge in [0.25, 0.3) is 11.8 Å². The summed E-state index contributed by atoms with van der Waals surface area (Å²) in [7, 11) is 4.13. The molecule has 418 valence electrons. The summed E-state index contributed by atoms with van der Waals surface area (Å²) in [6, 6.07) is 19.8. The molecule has 0 spiro atoms. The van der Waals surface area contributed by atoms with Gasteiger partial charge in [-0.25, -0.2) is 9.59 Å². The molecule has 6 aliphatic rings. The fourth-order valence-electron chi connectivity index (χ4n) is 11.2. The standard InChI is InChI=1S/C56H64Cl4N6O12/c1-63-27-43(41-21-37(57)23-47(59)45(41)29-63)33-3-5-35-25-65(53(67)39(35)19-33)9-13-73-17-15-71-11-7-61-55(69)77-49-31-75-52-50(32-76-51(49)52)78-56(70)62-8-12-72-16-18-74-14-10-66-26-36-6-4-34(20-40(36)54(66)68)44-28-64(2)30-46-42(44)22-38(58)24-48(46)60/h3-6,19-24,43-44,49-52H,7-18,25-32H2,1-2H3,(H,61,69)(H,62,70)/t43?,44?,49-,50-,51?,52?/m1/s1. The number of carbonyl (C=O) groups excluding carboxylic acids is 4. The lowest BCUT2D eigenvalue weighted by molar-refractivity contribution is -0.0129. The second-order valence-corrected chi connectivity index (χ2v) is 22.2. The number of nitrogens with zero attached hydrogens (tertiary/aromatic N) is 4. The highest BCUT2D eigenvalue weighted by molar-refractivity contribution is 6.35. The number of hydrogen-bond donors (Lipinski definition) is 2. The lowest BCUT2D eigenvalue weighted by Crippen LogP contribution is -2.40. The molecular formula is C56H64Cl4N6O12. The van der Waals surface area contributed by atoms with Gasteiger partial charge in [-0.05, 0) is 95.0 Å². The number of rotatable bonds is 22. The van der Waals surface area contributed by atoms with E-state index in [1.807, 2.05) is 36.4 Å². The molecule has 6 heterocycles. The highest BCUT2D eigenvalue weighted by Crippen LogP contribution is 2.42. The van der Waals surface area contributed by atoms with E-state index in [-0.39, 0.29) is 63.2 Å². The predicted octanol–water partition coefficient (Wildman–Crippen LogP) is 7.12. The van der Waals surface area contributed by atoms with Crippen LogP contribution in [0.5, 0.6) is 0 Å². The van der Waals surface area contributed by atoms with Gasteiger partial charge in [0.05, 0.1) is 66.1 Å². The van der Waals surface area contributed by atoms with E-state index in [4.69, 9.17) is 84.3 Å². The van der Waals surface area contributed by atoms with Crippen LogP contribution >= 0.6 is 46.4 Å². The molecule has 10 rings (SSSR count). The number of amides is 4. The second-order valence-electron chi connectivity index (χ2n) is 20.5. The smallest absolute Gasteiger partial charge is 0.407 e. The Morgan fingerprint density at radius 3 is 1.38 bits per heavy atom. The van der Waals surface area contributed by atoms with Gasteiger partial charge < -0.3 is 68.1 Å². The van der Waals surface area contributed by atoms with E-state index in [0.717, 1.165) is 70.7 Å². The second kappa shape index (κ2) is 25.8. The summed E-state index contributed by atoms with van der Waals surface area (Å²) in [5, 5.41) is 7.86. The maximum atomic E-state index is 13.4. The molecule has 6 atom stereocenters. The summed E-state index contributed by atoms with van der Waals surface area (Å²) in [5.74, 6) is 0.0491. The van der Waals surface area contributed by atoms with E-state index >= 15 is 0 Å². The average molecular weight is 1150 g/mol. The molecule has 0 bridgehead atoms. The summed E-state index contributed by atoms with van der Waals surface area (Å²) in [6.07, 6.45) is -3.84. The fourth-order valence-corrected chi connectivity index (χ4v) is 12.4. The van der Waals surface area contributed by atoms with Gasteiger partial charge in [0.2, 0.25) is 0 Å². The summed E-state index contributed by atoms with van der Waals surface area (Å²) in [6.45, 7) is 8.01. The number of likely N-dealkylation sites (N-methyl/N-ethyl adjacent to an activating group) is 2. The molecule has 4 aromatic rings. The van der Waals surface area contributed by atoms with Crippen LogP contribution in [0.4, 0.5) is 9.59 Å². The number of halogens is 4. The molecule has 0 aromatic heterocycles. The molecule has 2 saturated heterocycles. The number of hydrogen-bond acceptors (Lipinski definition) is 14. The van der Waals surface area contributed by atoms with E-state index in [2.05, 4.69) is 46.7 Å². The van der Waals surface area contributed by atoms with Gasteiger partial charge in [0.15, 0.2) is 12.2 Å². The molecule has 4 unspecified atom stereocenters. The van der Waals surface area contributed by atoms with E-state index in [1.165, 1.54) is 0 Å². The highest BCUT2D eigenvalue weighted by Gasteiger charge is 2.51. The van der Waals surface area contributed by atoms with Crippen molar-refractivity contribution in [2.24, 2.45) is 0 Å². The van der Waals surface area contributed by atoms with Crippen LogP contribution in [0.15, 0.2) is 60.7 Å². The average Bonchev–Trinajstić information content (AvgIpc) is 4.32. The van der Waals surface area contributed by atoms with E-state index in [9.17, 15) is 19.2 Å². The zero-order valence-electron chi connectivity index (χ0n) is 43.6. The molecule has 2 N–H and O–H groups in total. The third kappa shape index (κ3) is 13.2.